The number of rotatable bonds is 7. The lowest BCUT2D eigenvalue weighted by atomic mass is 9.91. The number of halogens is 6. The molecule has 4 aromatic carbocycles. The predicted octanol–water partition coefficient (Wildman–Crippen LogP) is 5.74. The van der Waals surface area contributed by atoms with Crippen LogP contribution in [0.2, 0.25) is 0 Å². The zero-order valence-electron chi connectivity index (χ0n) is 19.3. The fourth-order valence-electron chi connectivity index (χ4n) is 3.79. The number of benzene rings is 4. The summed E-state index contributed by atoms with van der Waals surface area (Å²) in [5.41, 5.74) is -12.9. The van der Waals surface area contributed by atoms with Gasteiger partial charge in [0.2, 0.25) is 0 Å². The highest BCUT2D eigenvalue weighted by atomic mass is 32.2. The summed E-state index contributed by atoms with van der Waals surface area (Å²) in [7, 11) is -12.7. The van der Waals surface area contributed by atoms with Gasteiger partial charge in [-0.2, -0.15) is 43.2 Å². The summed E-state index contributed by atoms with van der Waals surface area (Å²) >= 11 is 0. The first kappa shape index (κ1) is 28.8. The highest BCUT2D eigenvalue weighted by Crippen LogP contribution is 2.47. The van der Waals surface area contributed by atoms with Gasteiger partial charge in [-0.05, 0) is 45.8 Å². The molecule has 0 aliphatic rings. The maximum atomic E-state index is 13.2. The lowest BCUT2D eigenvalue weighted by Crippen LogP contribution is -2.28. The van der Waals surface area contributed by atoms with Crippen LogP contribution in [-0.4, -0.2) is 40.4 Å². The molecular formula is C24H12F6O8S2. The number of aldehydes is 2. The second-order valence-electron chi connectivity index (χ2n) is 8.04. The van der Waals surface area contributed by atoms with Crippen LogP contribution in [0.3, 0.4) is 0 Å². The molecule has 0 bridgehead atoms. The molecule has 0 aliphatic heterocycles. The Kier molecular flexibility index (Phi) is 7.04. The number of carbonyl (C=O) groups is 2. The van der Waals surface area contributed by atoms with Crippen molar-refractivity contribution in [3.05, 3.63) is 71.8 Å². The summed E-state index contributed by atoms with van der Waals surface area (Å²) in [6, 6.07) is 10.7. The quantitative estimate of drug-likeness (QED) is 0.113. The van der Waals surface area contributed by atoms with E-state index in [-0.39, 0.29) is 32.7 Å². The lowest BCUT2D eigenvalue weighted by Gasteiger charge is -2.20. The van der Waals surface area contributed by atoms with E-state index in [1.54, 1.807) is 0 Å². The third kappa shape index (κ3) is 5.19. The molecule has 16 heteroatoms. The Bertz CT molecular complexity index is 1760. The third-order valence-corrected chi connectivity index (χ3v) is 7.43. The van der Waals surface area contributed by atoms with Gasteiger partial charge in [-0.25, -0.2) is 0 Å². The van der Waals surface area contributed by atoms with Gasteiger partial charge in [-0.15, -0.1) is 0 Å². The van der Waals surface area contributed by atoms with Crippen molar-refractivity contribution in [1.82, 2.24) is 0 Å². The molecule has 0 aromatic heterocycles. The van der Waals surface area contributed by atoms with Crippen LogP contribution in [-0.2, 0) is 20.2 Å². The molecule has 0 N–H and O–H groups in total. The molecular weight excluding hydrogens is 594 g/mol. The van der Waals surface area contributed by atoms with Crippen molar-refractivity contribution in [2.24, 2.45) is 0 Å². The Hall–Kier alpha value is -4.18. The molecule has 40 heavy (non-hydrogen) atoms. The predicted molar refractivity (Wildman–Crippen MR) is 129 cm³/mol. The van der Waals surface area contributed by atoms with Gasteiger partial charge in [0.25, 0.3) is 0 Å². The molecule has 0 saturated carbocycles. The van der Waals surface area contributed by atoms with Crippen LogP contribution in [0.1, 0.15) is 20.7 Å². The Morgan fingerprint density at radius 1 is 0.550 bits per heavy atom. The zero-order chi connectivity index (χ0) is 29.7. The van der Waals surface area contributed by atoms with E-state index < -0.39 is 53.9 Å². The molecule has 0 unspecified atom stereocenters. The van der Waals surface area contributed by atoms with Crippen LogP contribution >= 0.6 is 0 Å². The molecule has 0 radical (unpaired) electrons. The van der Waals surface area contributed by atoms with E-state index in [0.29, 0.717) is 12.6 Å². The summed E-state index contributed by atoms with van der Waals surface area (Å²) in [4.78, 5) is 22.5. The number of carbonyl (C=O) groups excluding carboxylic acids is 2. The molecule has 210 valence electrons. The van der Waals surface area contributed by atoms with Crippen molar-refractivity contribution in [3.63, 3.8) is 0 Å². The molecule has 0 fully saturated rings. The number of hydrogen-bond acceptors (Lipinski definition) is 8. The van der Waals surface area contributed by atoms with Gasteiger partial charge in [-0.1, -0.05) is 36.4 Å². The number of fused-ring (bicyclic) bond motifs is 2. The van der Waals surface area contributed by atoms with Crippen molar-refractivity contribution in [2.45, 2.75) is 11.0 Å². The molecule has 4 aromatic rings. The average molecular weight is 606 g/mol. The van der Waals surface area contributed by atoms with E-state index in [2.05, 4.69) is 8.37 Å². The maximum absolute atomic E-state index is 13.2. The molecule has 0 saturated heterocycles. The van der Waals surface area contributed by atoms with Gasteiger partial charge in [0.15, 0.2) is 11.5 Å². The van der Waals surface area contributed by atoms with Crippen LogP contribution in [0.25, 0.3) is 32.7 Å². The minimum Gasteiger partial charge on any atom is -0.375 e. The Labute approximate surface area is 221 Å². The smallest absolute Gasteiger partial charge is 0.375 e. The number of hydrogen-bond donors (Lipinski definition) is 0. The van der Waals surface area contributed by atoms with E-state index in [4.69, 9.17) is 0 Å². The van der Waals surface area contributed by atoms with E-state index in [0.717, 1.165) is 36.4 Å². The summed E-state index contributed by atoms with van der Waals surface area (Å²) in [6.07, 6.45) is 0.835. The second kappa shape index (κ2) is 9.78. The zero-order valence-corrected chi connectivity index (χ0v) is 20.9. The number of alkyl halides is 6. The van der Waals surface area contributed by atoms with Crippen LogP contribution in [0.15, 0.2) is 60.7 Å². The van der Waals surface area contributed by atoms with Crippen molar-refractivity contribution in [3.8, 4) is 22.6 Å². The van der Waals surface area contributed by atoms with Crippen LogP contribution in [0.4, 0.5) is 26.3 Å². The molecule has 0 atom stereocenters. The monoisotopic (exact) mass is 606 g/mol. The van der Waals surface area contributed by atoms with Crippen LogP contribution in [0.5, 0.6) is 11.5 Å². The SMILES string of the molecule is O=Cc1ccc2c(-c3c(OS(=O)(=O)C(F)(F)F)ccc4cc(C=O)ccc34)c(OS(=O)(=O)C(F)(F)F)ccc2c1. The third-order valence-electron chi connectivity index (χ3n) is 5.50. The van der Waals surface area contributed by atoms with E-state index in [1.165, 1.54) is 24.3 Å². The highest BCUT2D eigenvalue weighted by molar-refractivity contribution is 7.88. The van der Waals surface area contributed by atoms with E-state index in [1.807, 2.05) is 0 Å². The Balaban J connectivity index is 2.19. The van der Waals surface area contributed by atoms with E-state index in [9.17, 15) is 52.8 Å². The molecule has 0 heterocycles. The highest BCUT2D eigenvalue weighted by Gasteiger charge is 2.50. The summed E-state index contributed by atoms with van der Waals surface area (Å²) in [5, 5.41) is -0.131. The normalized spacial score (nSPS) is 12.8. The Morgan fingerprint density at radius 3 is 1.20 bits per heavy atom. The van der Waals surface area contributed by atoms with Crippen molar-refractivity contribution in [1.29, 1.82) is 0 Å². The van der Waals surface area contributed by atoms with Gasteiger partial charge in [-0.3, -0.25) is 9.59 Å². The standard InChI is InChI=1S/C24H12F6O8S2/c25-23(26,27)39(33,34)37-19-7-3-15-9-13(11-31)1-5-17(15)21(19)22-18-6-2-14(12-32)10-16(18)4-8-20(22)38-40(35,36)24(28,29)30/h1-12H. The second-order valence-corrected chi connectivity index (χ2v) is 11.1. The van der Waals surface area contributed by atoms with E-state index >= 15 is 0 Å². The molecule has 0 spiro atoms. The van der Waals surface area contributed by atoms with Crippen molar-refractivity contribution >= 4 is 54.4 Å². The maximum Gasteiger partial charge on any atom is 0.534 e. The first-order valence-corrected chi connectivity index (χ1v) is 13.4. The van der Waals surface area contributed by atoms with Gasteiger partial charge in [0, 0.05) is 22.3 Å². The van der Waals surface area contributed by atoms with Crippen molar-refractivity contribution in [2.75, 3.05) is 0 Å². The summed E-state index contributed by atoms with van der Waals surface area (Å²) in [5.74, 6) is -2.10. The van der Waals surface area contributed by atoms with Gasteiger partial charge in [0.05, 0.1) is 0 Å². The van der Waals surface area contributed by atoms with Gasteiger partial charge in [0.1, 0.15) is 12.6 Å². The summed E-state index contributed by atoms with van der Waals surface area (Å²) < 4.78 is 136. The topological polar surface area (TPSA) is 121 Å². The lowest BCUT2D eigenvalue weighted by molar-refractivity contribution is -0.0505. The van der Waals surface area contributed by atoms with Crippen LogP contribution in [0, 0.1) is 0 Å². The van der Waals surface area contributed by atoms with Gasteiger partial charge < -0.3 is 8.37 Å². The first-order chi connectivity index (χ1) is 18.5. The first-order valence-electron chi connectivity index (χ1n) is 10.5. The van der Waals surface area contributed by atoms with Gasteiger partial charge >= 0.3 is 31.3 Å². The Morgan fingerprint density at radius 2 is 0.900 bits per heavy atom. The molecule has 0 aliphatic carbocycles. The minimum absolute atomic E-state index is 0.0692. The van der Waals surface area contributed by atoms with Crippen LogP contribution < -0.4 is 8.37 Å². The average Bonchev–Trinajstić information content (AvgIpc) is 2.86. The molecule has 0 amide bonds. The fourth-order valence-corrected chi connectivity index (χ4v) is 4.73. The minimum atomic E-state index is -6.34. The summed E-state index contributed by atoms with van der Waals surface area (Å²) in [6.45, 7) is 0. The fraction of sp³-hybridized carbons (Fsp3) is 0.0833. The molecule has 8 nitrogen and oxygen atoms in total. The van der Waals surface area contributed by atoms with Crippen molar-refractivity contribution < 1.29 is 61.1 Å². The molecule has 4 rings (SSSR count). The largest absolute Gasteiger partial charge is 0.534 e.